The maximum atomic E-state index is 6.06. The summed E-state index contributed by atoms with van der Waals surface area (Å²) >= 11 is 0. The molecule has 3 heterocycles. The number of benzene rings is 2. The van der Waals surface area contributed by atoms with Crippen molar-refractivity contribution in [2.45, 2.75) is 18.3 Å². The molecule has 6 nitrogen and oxygen atoms in total. The van der Waals surface area contributed by atoms with E-state index in [-0.39, 0.29) is 18.3 Å². The van der Waals surface area contributed by atoms with Gasteiger partial charge in [-0.25, -0.2) is 0 Å². The Kier molecular flexibility index (Phi) is 4.61. The van der Waals surface area contributed by atoms with Crippen molar-refractivity contribution in [2.24, 2.45) is 0 Å². The molecule has 0 saturated carbocycles. The lowest BCUT2D eigenvalue weighted by molar-refractivity contribution is 0.252. The topological polar surface area (TPSA) is 65.3 Å². The van der Waals surface area contributed by atoms with E-state index in [2.05, 4.69) is 0 Å². The molecular weight excluding hydrogens is 348 g/mol. The molecule has 3 atom stereocenters. The van der Waals surface area contributed by atoms with Gasteiger partial charge in [-0.15, -0.1) is 0 Å². The quantitative estimate of drug-likeness (QED) is 0.599. The SMILES string of the molecule is c1ccc(-c2c(OCC3CO3)cccc2OCC2CO2)c(OCC2CO2)c1. The van der Waals surface area contributed by atoms with E-state index in [1.807, 2.05) is 42.5 Å². The van der Waals surface area contributed by atoms with Crippen LogP contribution in [0.4, 0.5) is 0 Å². The maximum Gasteiger partial charge on any atom is 0.131 e. The molecule has 142 valence electrons. The average Bonchev–Trinajstić information content (AvgIpc) is 3.57. The number of ether oxygens (including phenoxy) is 6. The van der Waals surface area contributed by atoms with Crippen LogP contribution in [0.3, 0.4) is 0 Å². The molecule has 0 aliphatic carbocycles. The highest BCUT2D eigenvalue weighted by Crippen LogP contribution is 2.43. The third-order valence-corrected chi connectivity index (χ3v) is 4.63. The summed E-state index contributed by atoms with van der Waals surface area (Å²) in [5.74, 6) is 2.32. The molecule has 6 heteroatoms. The molecule has 3 fully saturated rings. The number of hydrogen-bond acceptors (Lipinski definition) is 6. The summed E-state index contributed by atoms with van der Waals surface area (Å²) in [5.41, 5.74) is 1.84. The van der Waals surface area contributed by atoms with Crippen molar-refractivity contribution >= 4 is 0 Å². The number of epoxide rings is 3. The van der Waals surface area contributed by atoms with E-state index in [4.69, 9.17) is 28.4 Å². The lowest BCUT2D eigenvalue weighted by Crippen LogP contribution is -2.09. The van der Waals surface area contributed by atoms with Gasteiger partial charge >= 0.3 is 0 Å². The summed E-state index contributed by atoms with van der Waals surface area (Å²) in [5, 5.41) is 0. The Morgan fingerprint density at radius 2 is 1.07 bits per heavy atom. The summed E-state index contributed by atoms with van der Waals surface area (Å²) in [6, 6.07) is 13.8. The maximum absolute atomic E-state index is 6.06. The zero-order chi connectivity index (χ0) is 18.1. The molecule has 3 aliphatic rings. The molecule has 3 unspecified atom stereocenters. The molecule has 0 bridgehead atoms. The Balaban J connectivity index is 1.47. The molecule has 0 spiro atoms. The Morgan fingerprint density at radius 1 is 0.630 bits per heavy atom. The lowest BCUT2D eigenvalue weighted by atomic mass is 10.0. The van der Waals surface area contributed by atoms with Gasteiger partial charge in [0, 0.05) is 5.56 Å². The normalized spacial score (nSPS) is 25.0. The first-order valence-electron chi connectivity index (χ1n) is 9.32. The van der Waals surface area contributed by atoms with E-state index in [0.29, 0.717) is 19.8 Å². The zero-order valence-electron chi connectivity index (χ0n) is 15.0. The molecule has 2 aromatic rings. The van der Waals surface area contributed by atoms with Crippen LogP contribution >= 0.6 is 0 Å². The van der Waals surface area contributed by atoms with Crippen LogP contribution in [0.15, 0.2) is 42.5 Å². The predicted molar refractivity (Wildman–Crippen MR) is 97.6 cm³/mol. The van der Waals surface area contributed by atoms with Gasteiger partial charge in [0.2, 0.25) is 0 Å². The molecule has 2 aromatic carbocycles. The lowest BCUT2D eigenvalue weighted by Gasteiger charge is -2.18. The molecule has 5 rings (SSSR count). The van der Waals surface area contributed by atoms with Gasteiger partial charge in [-0.1, -0.05) is 24.3 Å². The number of rotatable bonds is 10. The molecule has 27 heavy (non-hydrogen) atoms. The fourth-order valence-corrected chi connectivity index (χ4v) is 2.86. The Bertz CT molecular complexity index is 761. The first-order valence-corrected chi connectivity index (χ1v) is 9.32. The van der Waals surface area contributed by atoms with Crippen molar-refractivity contribution in [1.29, 1.82) is 0 Å². The average molecular weight is 370 g/mol. The van der Waals surface area contributed by atoms with Crippen LogP contribution in [0.5, 0.6) is 17.2 Å². The zero-order valence-corrected chi connectivity index (χ0v) is 15.0. The molecule has 3 aliphatic heterocycles. The van der Waals surface area contributed by atoms with E-state index in [0.717, 1.165) is 48.2 Å². The highest BCUT2D eigenvalue weighted by molar-refractivity contribution is 5.81. The van der Waals surface area contributed by atoms with Gasteiger partial charge in [0.05, 0.1) is 25.4 Å². The van der Waals surface area contributed by atoms with Gasteiger partial charge in [-0.3, -0.25) is 0 Å². The van der Waals surface area contributed by atoms with Gasteiger partial charge in [0.15, 0.2) is 0 Å². The first kappa shape index (κ1) is 16.9. The second kappa shape index (κ2) is 7.38. The van der Waals surface area contributed by atoms with E-state index < -0.39 is 0 Å². The fraction of sp³-hybridized carbons (Fsp3) is 0.429. The Labute approximate surface area is 157 Å². The van der Waals surface area contributed by atoms with Crippen molar-refractivity contribution in [1.82, 2.24) is 0 Å². The third-order valence-electron chi connectivity index (χ3n) is 4.63. The molecule has 3 saturated heterocycles. The largest absolute Gasteiger partial charge is 0.490 e. The minimum Gasteiger partial charge on any atom is -0.490 e. The summed E-state index contributed by atoms with van der Waals surface area (Å²) in [4.78, 5) is 0. The summed E-state index contributed by atoms with van der Waals surface area (Å²) in [6.07, 6.45) is 0.556. The van der Waals surface area contributed by atoms with E-state index >= 15 is 0 Å². The van der Waals surface area contributed by atoms with Crippen LogP contribution in [0.2, 0.25) is 0 Å². The van der Waals surface area contributed by atoms with Crippen LogP contribution in [-0.2, 0) is 14.2 Å². The summed E-state index contributed by atoms with van der Waals surface area (Å²) in [6.45, 7) is 3.88. The van der Waals surface area contributed by atoms with Crippen LogP contribution < -0.4 is 14.2 Å². The number of para-hydroxylation sites is 1. The molecule has 0 amide bonds. The van der Waals surface area contributed by atoms with Crippen molar-refractivity contribution in [2.75, 3.05) is 39.6 Å². The van der Waals surface area contributed by atoms with Gasteiger partial charge in [0.1, 0.15) is 55.4 Å². The second-order valence-corrected chi connectivity index (χ2v) is 6.92. The Hall–Kier alpha value is -2.28. The van der Waals surface area contributed by atoms with Gasteiger partial charge in [-0.05, 0) is 18.2 Å². The van der Waals surface area contributed by atoms with E-state index in [1.165, 1.54) is 0 Å². The van der Waals surface area contributed by atoms with E-state index in [9.17, 15) is 0 Å². The molecule has 0 N–H and O–H groups in total. The highest BCUT2D eigenvalue weighted by Gasteiger charge is 2.28. The molecule has 0 aromatic heterocycles. The Morgan fingerprint density at radius 3 is 1.59 bits per heavy atom. The monoisotopic (exact) mass is 370 g/mol. The summed E-state index contributed by atoms with van der Waals surface area (Å²) < 4.78 is 33.9. The van der Waals surface area contributed by atoms with E-state index in [1.54, 1.807) is 0 Å². The van der Waals surface area contributed by atoms with Crippen LogP contribution in [-0.4, -0.2) is 58.0 Å². The summed E-state index contributed by atoms with van der Waals surface area (Å²) in [7, 11) is 0. The van der Waals surface area contributed by atoms with Crippen molar-refractivity contribution in [3.05, 3.63) is 42.5 Å². The molecule has 0 radical (unpaired) electrons. The minimum absolute atomic E-state index is 0.181. The highest BCUT2D eigenvalue weighted by atomic mass is 16.6. The second-order valence-electron chi connectivity index (χ2n) is 6.92. The van der Waals surface area contributed by atoms with Crippen molar-refractivity contribution < 1.29 is 28.4 Å². The van der Waals surface area contributed by atoms with Gasteiger partial charge in [0.25, 0.3) is 0 Å². The predicted octanol–water partition coefficient (Wildman–Crippen LogP) is 2.69. The van der Waals surface area contributed by atoms with Crippen LogP contribution in [0, 0.1) is 0 Å². The smallest absolute Gasteiger partial charge is 0.131 e. The third kappa shape index (κ3) is 4.35. The fourth-order valence-electron chi connectivity index (χ4n) is 2.86. The molecular formula is C21H22O6. The van der Waals surface area contributed by atoms with Crippen molar-refractivity contribution in [3.8, 4) is 28.4 Å². The van der Waals surface area contributed by atoms with Crippen LogP contribution in [0.25, 0.3) is 11.1 Å². The first-order chi connectivity index (χ1) is 13.4. The van der Waals surface area contributed by atoms with Gasteiger partial charge in [-0.2, -0.15) is 0 Å². The van der Waals surface area contributed by atoms with Crippen LogP contribution in [0.1, 0.15) is 0 Å². The van der Waals surface area contributed by atoms with Gasteiger partial charge < -0.3 is 28.4 Å². The minimum atomic E-state index is 0.181. The number of hydrogen-bond donors (Lipinski definition) is 0. The van der Waals surface area contributed by atoms with Crippen molar-refractivity contribution in [3.63, 3.8) is 0 Å². The standard InChI is InChI=1S/C21H22O6/c1-2-5-18(25-11-14-8-22-14)17(4-1)21-19(26-12-15-9-23-15)6-3-7-20(21)27-13-16-10-24-16/h1-7,14-16H,8-13H2.